The molecule has 0 radical (unpaired) electrons. The van der Waals surface area contributed by atoms with Crippen molar-refractivity contribution in [1.29, 1.82) is 0 Å². The van der Waals surface area contributed by atoms with Gasteiger partial charge in [-0.3, -0.25) is 9.89 Å². The number of nitrogens with zero attached hydrogens (tertiary/aromatic N) is 2. The van der Waals surface area contributed by atoms with Gasteiger partial charge in [-0.2, -0.15) is 0 Å². The first-order valence-electron chi connectivity index (χ1n) is 9.73. The van der Waals surface area contributed by atoms with Crippen LogP contribution in [-0.2, 0) is 4.74 Å². The van der Waals surface area contributed by atoms with Gasteiger partial charge in [0, 0.05) is 33.2 Å². The van der Waals surface area contributed by atoms with Crippen molar-refractivity contribution in [2.24, 2.45) is 10.9 Å². The summed E-state index contributed by atoms with van der Waals surface area (Å²) in [5, 5.41) is 6.93. The third kappa shape index (κ3) is 5.49. The lowest BCUT2D eigenvalue weighted by Gasteiger charge is -2.35. The van der Waals surface area contributed by atoms with E-state index < -0.39 is 0 Å². The van der Waals surface area contributed by atoms with Gasteiger partial charge in [-0.05, 0) is 36.5 Å². The molecule has 2 fully saturated rings. The molecule has 1 aromatic carbocycles. The summed E-state index contributed by atoms with van der Waals surface area (Å²) in [4.78, 5) is 6.82. The SMILES string of the molecule is CN=C(NCC1CC1)NCC(c1ccc(OC)c(OC)c1)N1CCOCC1. The number of guanidine groups is 1. The van der Waals surface area contributed by atoms with E-state index in [1.54, 1.807) is 14.2 Å². The lowest BCUT2D eigenvalue weighted by Crippen LogP contribution is -2.46. The van der Waals surface area contributed by atoms with Crippen LogP contribution in [0.4, 0.5) is 0 Å². The molecule has 0 bridgehead atoms. The molecular weight excluding hydrogens is 344 g/mol. The van der Waals surface area contributed by atoms with Crippen molar-refractivity contribution in [3.8, 4) is 11.5 Å². The fourth-order valence-corrected chi connectivity index (χ4v) is 3.38. The fourth-order valence-electron chi connectivity index (χ4n) is 3.38. The quantitative estimate of drug-likeness (QED) is 0.531. The third-order valence-electron chi connectivity index (χ3n) is 5.22. The Labute approximate surface area is 162 Å². The molecule has 0 aromatic heterocycles. The summed E-state index contributed by atoms with van der Waals surface area (Å²) in [6.45, 7) is 5.11. The maximum atomic E-state index is 5.54. The topological polar surface area (TPSA) is 67.4 Å². The summed E-state index contributed by atoms with van der Waals surface area (Å²) < 4.78 is 16.4. The number of hydrogen-bond acceptors (Lipinski definition) is 5. The molecule has 1 atom stereocenters. The molecule has 7 heteroatoms. The molecule has 3 rings (SSSR count). The standard InChI is InChI=1S/C20H32N4O3/c1-21-20(22-13-15-4-5-15)23-14-17(24-8-10-27-11-9-24)16-6-7-18(25-2)19(12-16)26-3/h6-7,12,15,17H,4-5,8-11,13-14H2,1-3H3,(H2,21,22,23). The van der Waals surface area contributed by atoms with E-state index in [4.69, 9.17) is 14.2 Å². The highest BCUT2D eigenvalue weighted by Gasteiger charge is 2.25. The molecule has 1 saturated heterocycles. The molecule has 0 amide bonds. The number of nitrogens with one attached hydrogen (secondary N) is 2. The van der Waals surface area contributed by atoms with Gasteiger partial charge in [-0.15, -0.1) is 0 Å². The molecule has 27 heavy (non-hydrogen) atoms. The Morgan fingerprint density at radius 3 is 2.56 bits per heavy atom. The largest absolute Gasteiger partial charge is 0.493 e. The smallest absolute Gasteiger partial charge is 0.191 e. The van der Waals surface area contributed by atoms with Crippen LogP contribution in [0.1, 0.15) is 24.4 Å². The van der Waals surface area contributed by atoms with Crippen LogP contribution >= 0.6 is 0 Å². The Hall–Kier alpha value is -1.99. The Balaban J connectivity index is 1.71. The first-order chi connectivity index (χ1) is 13.2. The second kappa shape index (κ2) is 9.80. The average molecular weight is 377 g/mol. The fraction of sp³-hybridized carbons (Fsp3) is 0.650. The molecule has 1 aromatic rings. The van der Waals surface area contributed by atoms with Crippen LogP contribution in [0.3, 0.4) is 0 Å². The Bertz CT molecular complexity index is 628. The number of methoxy groups -OCH3 is 2. The minimum absolute atomic E-state index is 0.202. The summed E-state index contributed by atoms with van der Waals surface area (Å²) in [5.41, 5.74) is 1.19. The van der Waals surface area contributed by atoms with Crippen molar-refractivity contribution in [3.63, 3.8) is 0 Å². The minimum Gasteiger partial charge on any atom is -0.493 e. The van der Waals surface area contributed by atoms with Gasteiger partial charge in [0.25, 0.3) is 0 Å². The van der Waals surface area contributed by atoms with E-state index in [-0.39, 0.29) is 6.04 Å². The maximum absolute atomic E-state index is 5.54. The summed E-state index contributed by atoms with van der Waals surface area (Å²) in [7, 11) is 5.16. The summed E-state index contributed by atoms with van der Waals surface area (Å²) in [6, 6.07) is 6.36. The van der Waals surface area contributed by atoms with Crippen molar-refractivity contribution >= 4 is 5.96 Å². The highest BCUT2D eigenvalue weighted by molar-refractivity contribution is 5.79. The van der Waals surface area contributed by atoms with Gasteiger partial charge in [0.15, 0.2) is 17.5 Å². The molecule has 1 heterocycles. The van der Waals surface area contributed by atoms with Gasteiger partial charge in [0.2, 0.25) is 0 Å². The summed E-state index contributed by atoms with van der Waals surface area (Å²) in [5.74, 6) is 3.17. The molecule has 150 valence electrons. The summed E-state index contributed by atoms with van der Waals surface area (Å²) >= 11 is 0. The third-order valence-corrected chi connectivity index (χ3v) is 5.22. The van der Waals surface area contributed by atoms with Gasteiger partial charge in [0.1, 0.15) is 0 Å². The number of ether oxygens (including phenoxy) is 3. The number of rotatable bonds is 8. The van der Waals surface area contributed by atoms with Crippen LogP contribution in [0.2, 0.25) is 0 Å². The zero-order valence-electron chi connectivity index (χ0n) is 16.7. The van der Waals surface area contributed by atoms with Crippen molar-refractivity contribution in [2.75, 3.05) is 60.7 Å². The second-order valence-electron chi connectivity index (χ2n) is 7.06. The predicted molar refractivity (Wildman–Crippen MR) is 107 cm³/mol. The van der Waals surface area contributed by atoms with E-state index >= 15 is 0 Å². The van der Waals surface area contributed by atoms with E-state index in [2.05, 4.69) is 32.7 Å². The molecule has 1 unspecified atom stereocenters. The molecule has 1 aliphatic heterocycles. The van der Waals surface area contributed by atoms with Gasteiger partial charge in [-0.1, -0.05) is 6.07 Å². The number of morpholine rings is 1. The number of benzene rings is 1. The first-order valence-corrected chi connectivity index (χ1v) is 9.73. The summed E-state index contributed by atoms with van der Waals surface area (Å²) in [6.07, 6.45) is 2.65. The van der Waals surface area contributed by atoms with Crippen LogP contribution < -0.4 is 20.1 Å². The van der Waals surface area contributed by atoms with Gasteiger partial charge in [-0.25, -0.2) is 0 Å². The van der Waals surface area contributed by atoms with E-state index in [0.717, 1.165) is 62.8 Å². The molecular formula is C20H32N4O3. The lowest BCUT2D eigenvalue weighted by atomic mass is 10.0. The Morgan fingerprint density at radius 2 is 1.93 bits per heavy atom. The number of hydrogen-bond donors (Lipinski definition) is 2. The van der Waals surface area contributed by atoms with Crippen molar-refractivity contribution in [3.05, 3.63) is 23.8 Å². The van der Waals surface area contributed by atoms with Crippen molar-refractivity contribution in [1.82, 2.24) is 15.5 Å². The van der Waals surface area contributed by atoms with E-state index in [1.165, 1.54) is 18.4 Å². The van der Waals surface area contributed by atoms with Gasteiger partial charge < -0.3 is 24.8 Å². The van der Waals surface area contributed by atoms with Gasteiger partial charge >= 0.3 is 0 Å². The number of aliphatic imine (C=N–C) groups is 1. The predicted octanol–water partition coefficient (Wildman–Crippen LogP) is 1.65. The van der Waals surface area contributed by atoms with Crippen molar-refractivity contribution in [2.45, 2.75) is 18.9 Å². The normalized spacial score (nSPS) is 19.4. The van der Waals surface area contributed by atoms with Crippen LogP contribution in [0, 0.1) is 5.92 Å². The highest BCUT2D eigenvalue weighted by Crippen LogP contribution is 2.32. The maximum Gasteiger partial charge on any atom is 0.191 e. The van der Waals surface area contributed by atoms with Crippen LogP contribution in [-0.4, -0.2) is 71.5 Å². The second-order valence-corrected chi connectivity index (χ2v) is 7.06. The Morgan fingerprint density at radius 1 is 1.19 bits per heavy atom. The Kier molecular flexibility index (Phi) is 7.18. The van der Waals surface area contributed by atoms with Crippen molar-refractivity contribution < 1.29 is 14.2 Å². The monoisotopic (exact) mass is 376 g/mol. The minimum atomic E-state index is 0.202. The highest BCUT2D eigenvalue weighted by atomic mass is 16.5. The molecule has 2 aliphatic rings. The van der Waals surface area contributed by atoms with E-state index in [1.807, 2.05) is 13.1 Å². The molecule has 2 N–H and O–H groups in total. The first kappa shape index (κ1) is 19.8. The van der Waals surface area contributed by atoms with Crippen LogP contribution in [0.25, 0.3) is 0 Å². The van der Waals surface area contributed by atoms with Crippen LogP contribution in [0.5, 0.6) is 11.5 Å². The molecule has 1 saturated carbocycles. The van der Waals surface area contributed by atoms with Crippen LogP contribution in [0.15, 0.2) is 23.2 Å². The molecule has 1 aliphatic carbocycles. The molecule has 7 nitrogen and oxygen atoms in total. The van der Waals surface area contributed by atoms with E-state index in [9.17, 15) is 0 Å². The zero-order chi connectivity index (χ0) is 19.1. The average Bonchev–Trinajstić information content (AvgIpc) is 3.55. The van der Waals surface area contributed by atoms with E-state index in [0.29, 0.717) is 0 Å². The van der Waals surface area contributed by atoms with Gasteiger partial charge in [0.05, 0.1) is 33.5 Å². The molecule has 0 spiro atoms. The zero-order valence-corrected chi connectivity index (χ0v) is 16.7. The lowest BCUT2D eigenvalue weighted by molar-refractivity contribution is 0.0169.